The van der Waals surface area contributed by atoms with Gasteiger partial charge in [-0.1, -0.05) is 39.5 Å². The molecule has 0 saturated heterocycles. The van der Waals surface area contributed by atoms with Crippen LogP contribution in [-0.2, 0) is 4.79 Å². The van der Waals surface area contributed by atoms with E-state index < -0.39 is 0 Å². The zero-order chi connectivity index (χ0) is 14.1. The minimum atomic E-state index is 0.209. The molecule has 1 aliphatic carbocycles. The van der Waals surface area contributed by atoms with E-state index in [1.807, 2.05) is 0 Å². The topological polar surface area (TPSA) is 46.3 Å². The molecule has 0 aromatic carbocycles. The maximum Gasteiger partial charge on any atom is 0.225 e. The van der Waals surface area contributed by atoms with Crippen molar-refractivity contribution < 1.29 is 4.79 Å². The van der Waals surface area contributed by atoms with Gasteiger partial charge in [0.1, 0.15) is 0 Å². The summed E-state index contributed by atoms with van der Waals surface area (Å²) in [4.78, 5) is 14.9. The number of carbonyl (C=O) groups is 1. The van der Waals surface area contributed by atoms with Crippen molar-refractivity contribution in [1.29, 1.82) is 0 Å². The van der Waals surface area contributed by atoms with Gasteiger partial charge in [-0.2, -0.15) is 0 Å². The van der Waals surface area contributed by atoms with Gasteiger partial charge in [0.05, 0.1) is 0 Å². The molecule has 1 fully saturated rings. The summed E-state index contributed by atoms with van der Waals surface area (Å²) in [5, 5.41) is 0. The van der Waals surface area contributed by atoms with Gasteiger partial charge in [-0.3, -0.25) is 4.79 Å². The number of nitrogens with zero attached hydrogens (tertiary/aromatic N) is 1. The van der Waals surface area contributed by atoms with Crippen molar-refractivity contribution in [2.75, 3.05) is 13.1 Å². The molecule has 3 heteroatoms. The second-order valence-electron chi connectivity index (χ2n) is 5.83. The highest BCUT2D eigenvalue weighted by atomic mass is 16.2. The van der Waals surface area contributed by atoms with Crippen molar-refractivity contribution in [1.82, 2.24) is 4.90 Å². The molecule has 0 unspecified atom stereocenters. The first kappa shape index (κ1) is 16.5. The molecule has 0 aliphatic heterocycles. The van der Waals surface area contributed by atoms with E-state index in [9.17, 15) is 4.79 Å². The van der Waals surface area contributed by atoms with Crippen LogP contribution in [0.5, 0.6) is 0 Å². The maximum atomic E-state index is 12.7. The first-order valence-electron chi connectivity index (χ1n) is 8.25. The molecule has 0 atom stereocenters. The Bertz CT molecular complexity index is 243. The van der Waals surface area contributed by atoms with Crippen LogP contribution in [0.25, 0.3) is 0 Å². The van der Waals surface area contributed by atoms with Gasteiger partial charge in [-0.15, -0.1) is 0 Å². The lowest BCUT2D eigenvalue weighted by atomic mass is 9.98. The Hall–Kier alpha value is -0.570. The van der Waals surface area contributed by atoms with Crippen molar-refractivity contribution in [2.45, 2.75) is 77.7 Å². The summed E-state index contributed by atoms with van der Waals surface area (Å²) in [7, 11) is 0. The Morgan fingerprint density at radius 2 is 1.74 bits per heavy atom. The molecule has 1 aliphatic rings. The first-order valence-corrected chi connectivity index (χ1v) is 8.25. The van der Waals surface area contributed by atoms with Crippen molar-refractivity contribution in [3.63, 3.8) is 0 Å². The molecule has 0 bridgehead atoms. The van der Waals surface area contributed by atoms with E-state index in [4.69, 9.17) is 5.73 Å². The van der Waals surface area contributed by atoms with Gasteiger partial charge in [0.2, 0.25) is 5.91 Å². The third kappa shape index (κ3) is 5.13. The molecule has 19 heavy (non-hydrogen) atoms. The predicted octanol–water partition coefficient (Wildman–Crippen LogP) is 3.32. The van der Waals surface area contributed by atoms with Gasteiger partial charge in [-0.25, -0.2) is 0 Å². The summed E-state index contributed by atoms with van der Waals surface area (Å²) in [6, 6.07) is 0.474. The number of rotatable bonds is 7. The fourth-order valence-electron chi connectivity index (χ4n) is 3.18. The minimum Gasteiger partial charge on any atom is -0.339 e. The maximum absolute atomic E-state index is 12.7. The summed E-state index contributed by atoms with van der Waals surface area (Å²) < 4.78 is 0. The SMILES string of the molecule is CCC(CC)C(=O)N(CCCN)C1CCCCCC1. The van der Waals surface area contributed by atoms with Crippen molar-refractivity contribution >= 4 is 5.91 Å². The minimum absolute atomic E-state index is 0.209. The molecular formula is C16H32N2O. The van der Waals surface area contributed by atoms with Crippen LogP contribution in [0.4, 0.5) is 0 Å². The van der Waals surface area contributed by atoms with E-state index in [1.54, 1.807) is 0 Å². The van der Waals surface area contributed by atoms with Gasteiger partial charge >= 0.3 is 0 Å². The lowest BCUT2D eigenvalue weighted by molar-refractivity contribution is -0.138. The fraction of sp³-hybridized carbons (Fsp3) is 0.938. The normalized spacial score (nSPS) is 17.5. The van der Waals surface area contributed by atoms with Crippen LogP contribution < -0.4 is 5.73 Å². The predicted molar refractivity (Wildman–Crippen MR) is 80.9 cm³/mol. The zero-order valence-corrected chi connectivity index (χ0v) is 12.9. The number of nitrogens with two attached hydrogens (primary N) is 1. The fourth-order valence-corrected chi connectivity index (χ4v) is 3.18. The summed E-state index contributed by atoms with van der Waals surface area (Å²) in [6.45, 7) is 5.79. The van der Waals surface area contributed by atoms with Crippen LogP contribution in [0.3, 0.4) is 0 Å². The van der Waals surface area contributed by atoms with Gasteiger partial charge < -0.3 is 10.6 Å². The monoisotopic (exact) mass is 268 g/mol. The molecule has 3 nitrogen and oxygen atoms in total. The second kappa shape index (κ2) is 9.35. The molecule has 0 radical (unpaired) electrons. The Labute approximate surface area is 118 Å². The first-order chi connectivity index (χ1) is 9.24. The van der Waals surface area contributed by atoms with E-state index in [2.05, 4.69) is 18.7 Å². The van der Waals surface area contributed by atoms with E-state index >= 15 is 0 Å². The summed E-state index contributed by atoms with van der Waals surface area (Å²) in [6.07, 6.45) is 10.5. The highest BCUT2D eigenvalue weighted by molar-refractivity contribution is 5.79. The van der Waals surface area contributed by atoms with Crippen LogP contribution in [0, 0.1) is 5.92 Å². The Balaban J connectivity index is 2.70. The van der Waals surface area contributed by atoms with Crippen LogP contribution in [0.15, 0.2) is 0 Å². The molecule has 0 heterocycles. The largest absolute Gasteiger partial charge is 0.339 e. The average Bonchev–Trinajstić information content (AvgIpc) is 2.70. The van der Waals surface area contributed by atoms with Crippen molar-refractivity contribution in [2.24, 2.45) is 11.7 Å². The molecule has 1 amide bonds. The molecule has 1 rings (SSSR count). The van der Waals surface area contributed by atoms with E-state index in [1.165, 1.54) is 38.5 Å². The Morgan fingerprint density at radius 3 is 2.21 bits per heavy atom. The lowest BCUT2D eigenvalue weighted by Gasteiger charge is -2.34. The lowest BCUT2D eigenvalue weighted by Crippen LogP contribution is -2.44. The smallest absolute Gasteiger partial charge is 0.225 e. The highest BCUT2D eigenvalue weighted by Gasteiger charge is 2.27. The zero-order valence-electron chi connectivity index (χ0n) is 12.9. The molecule has 0 aromatic heterocycles. The third-order valence-electron chi connectivity index (χ3n) is 4.49. The van der Waals surface area contributed by atoms with Gasteiger partial charge in [0.15, 0.2) is 0 Å². The van der Waals surface area contributed by atoms with Gasteiger partial charge in [0.25, 0.3) is 0 Å². The average molecular weight is 268 g/mol. The van der Waals surface area contributed by atoms with Crippen molar-refractivity contribution in [3.8, 4) is 0 Å². The summed E-state index contributed by atoms with van der Waals surface area (Å²) >= 11 is 0. The van der Waals surface area contributed by atoms with Crippen LogP contribution >= 0.6 is 0 Å². The number of hydrogen-bond acceptors (Lipinski definition) is 2. The van der Waals surface area contributed by atoms with Crippen LogP contribution in [0.1, 0.15) is 71.6 Å². The second-order valence-corrected chi connectivity index (χ2v) is 5.83. The van der Waals surface area contributed by atoms with Gasteiger partial charge in [-0.05, 0) is 38.6 Å². The van der Waals surface area contributed by atoms with E-state index in [0.29, 0.717) is 18.5 Å². The summed E-state index contributed by atoms with van der Waals surface area (Å²) in [5.41, 5.74) is 5.64. The quantitative estimate of drug-likeness (QED) is 0.720. The molecule has 0 spiro atoms. The number of hydrogen-bond donors (Lipinski definition) is 1. The molecule has 1 saturated carbocycles. The van der Waals surface area contributed by atoms with Gasteiger partial charge in [0, 0.05) is 18.5 Å². The Kier molecular flexibility index (Phi) is 8.11. The summed E-state index contributed by atoms with van der Waals surface area (Å²) in [5.74, 6) is 0.589. The van der Waals surface area contributed by atoms with E-state index in [-0.39, 0.29) is 5.92 Å². The van der Waals surface area contributed by atoms with Crippen molar-refractivity contribution in [3.05, 3.63) is 0 Å². The standard InChI is InChI=1S/C16H32N2O/c1-3-14(4-2)16(19)18(13-9-12-17)15-10-7-5-6-8-11-15/h14-15H,3-13,17H2,1-2H3. The van der Waals surface area contributed by atoms with E-state index in [0.717, 1.165) is 25.8 Å². The van der Waals surface area contributed by atoms with Crippen LogP contribution in [0.2, 0.25) is 0 Å². The molecule has 112 valence electrons. The third-order valence-corrected chi connectivity index (χ3v) is 4.49. The van der Waals surface area contributed by atoms with Crippen LogP contribution in [-0.4, -0.2) is 29.9 Å². The highest BCUT2D eigenvalue weighted by Crippen LogP contribution is 2.24. The molecule has 2 N–H and O–H groups in total. The Morgan fingerprint density at radius 1 is 1.16 bits per heavy atom. The molecule has 0 aromatic rings. The molecular weight excluding hydrogens is 236 g/mol. The number of carbonyl (C=O) groups excluding carboxylic acids is 1. The number of amides is 1.